The SMILES string of the molecule is CCCc1c(N)nnn1CC1Cc2cc(C)ccc2O1. The van der Waals surface area contributed by atoms with E-state index in [1.807, 2.05) is 10.7 Å². The average Bonchev–Trinajstić information content (AvgIpc) is 2.96. The maximum Gasteiger partial charge on any atom is 0.169 e. The van der Waals surface area contributed by atoms with Gasteiger partial charge in [0.15, 0.2) is 5.82 Å². The first-order valence-electron chi connectivity index (χ1n) is 7.11. The lowest BCUT2D eigenvalue weighted by molar-refractivity contribution is 0.200. The van der Waals surface area contributed by atoms with Crippen LogP contribution < -0.4 is 10.5 Å². The summed E-state index contributed by atoms with van der Waals surface area (Å²) in [7, 11) is 0. The molecular weight excluding hydrogens is 252 g/mol. The van der Waals surface area contributed by atoms with Gasteiger partial charge in [0.05, 0.1) is 12.2 Å². The molecule has 0 radical (unpaired) electrons. The molecule has 2 heterocycles. The van der Waals surface area contributed by atoms with Crippen LogP contribution in [-0.4, -0.2) is 21.1 Å². The van der Waals surface area contributed by atoms with Crippen molar-refractivity contribution in [2.75, 3.05) is 5.73 Å². The van der Waals surface area contributed by atoms with Crippen LogP contribution in [0.2, 0.25) is 0 Å². The highest BCUT2D eigenvalue weighted by Crippen LogP contribution is 2.30. The number of anilines is 1. The maximum atomic E-state index is 5.98. The van der Waals surface area contributed by atoms with E-state index in [-0.39, 0.29) is 6.10 Å². The maximum absolute atomic E-state index is 5.98. The third-order valence-electron chi connectivity index (χ3n) is 3.69. The fourth-order valence-corrected chi connectivity index (χ4v) is 2.73. The smallest absolute Gasteiger partial charge is 0.169 e. The van der Waals surface area contributed by atoms with Crippen molar-refractivity contribution in [2.24, 2.45) is 0 Å². The van der Waals surface area contributed by atoms with Crippen LogP contribution in [0.4, 0.5) is 5.82 Å². The van der Waals surface area contributed by atoms with Gasteiger partial charge in [0, 0.05) is 6.42 Å². The molecule has 1 aliphatic rings. The van der Waals surface area contributed by atoms with Gasteiger partial charge in [-0.15, -0.1) is 5.10 Å². The van der Waals surface area contributed by atoms with Gasteiger partial charge in [0.1, 0.15) is 11.9 Å². The van der Waals surface area contributed by atoms with Gasteiger partial charge in [-0.2, -0.15) is 0 Å². The Hall–Kier alpha value is -2.04. The van der Waals surface area contributed by atoms with Gasteiger partial charge in [-0.1, -0.05) is 36.3 Å². The lowest BCUT2D eigenvalue weighted by Gasteiger charge is -2.12. The molecule has 0 aliphatic carbocycles. The lowest BCUT2D eigenvalue weighted by Crippen LogP contribution is -2.23. The second kappa shape index (κ2) is 5.15. The highest BCUT2D eigenvalue weighted by Gasteiger charge is 2.24. The van der Waals surface area contributed by atoms with E-state index < -0.39 is 0 Å². The standard InChI is InChI=1S/C15H20N4O/c1-3-4-13-15(16)17-18-19(13)9-12-8-11-7-10(2)5-6-14(11)20-12/h5-7,12H,3-4,8-9,16H2,1-2H3. The summed E-state index contributed by atoms with van der Waals surface area (Å²) in [6.45, 7) is 4.93. The van der Waals surface area contributed by atoms with Crippen LogP contribution in [0, 0.1) is 6.92 Å². The van der Waals surface area contributed by atoms with Gasteiger partial charge in [0.25, 0.3) is 0 Å². The second-order valence-electron chi connectivity index (χ2n) is 5.41. The zero-order valence-corrected chi connectivity index (χ0v) is 12.0. The molecule has 2 N–H and O–H groups in total. The number of nitrogens with zero attached hydrogens (tertiary/aromatic N) is 3. The van der Waals surface area contributed by atoms with E-state index in [2.05, 4.69) is 36.3 Å². The zero-order chi connectivity index (χ0) is 14.1. The number of aromatic nitrogens is 3. The monoisotopic (exact) mass is 272 g/mol. The molecule has 1 aromatic carbocycles. The molecule has 0 bridgehead atoms. The predicted octanol–water partition coefficient (Wildman–Crippen LogP) is 2.12. The van der Waals surface area contributed by atoms with Gasteiger partial charge in [-0.3, -0.25) is 0 Å². The quantitative estimate of drug-likeness (QED) is 0.926. The Morgan fingerprint density at radius 2 is 2.30 bits per heavy atom. The van der Waals surface area contributed by atoms with E-state index in [0.717, 1.165) is 30.7 Å². The third kappa shape index (κ3) is 2.35. The molecule has 1 aromatic heterocycles. The minimum atomic E-state index is 0.114. The van der Waals surface area contributed by atoms with Crippen molar-refractivity contribution in [1.82, 2.24) is 15.0 Å². The molecule has 0 saturated heterocycles. The van der Waals surface area contributed by atoms with Crippen LogP contribution in [0.15, 0.2) is 18.2 Å². The summed E-state index contributed by atoms with van der Waals surface area (Å²) in [5, 5.41) is 8.12. The number of hydrogen-bond acceptors (Lipinski definition) is 4. The highest BCUT2D eigenvalue weighted by molar-refractivity contribution is 5.40. The Bertz CT molecular complexity index is 620. The molecule has 20 heavy (non-hydrogen) atoms. The predicted molar refractivity (Wildman–Crippen MR) is 77.7 cm³/mol. The number of nitrogens with two attached hydrogens (primary N) is 1. The molecule has 1 unspecified atom stereocenters. The molecule has 1 atom stereocenters. The summed E-state index contributed by atoms with van der Waals surface area (Å²) in [4.78, 5) is 0. The van der Waals surface area contributed by atoms with Crippen LogP contribution in [0.25, 0.3) is 0 Å². The molecule has 3 rings (SSSR count). The van der Waals surface area contributed by atoms with Crippen molar-refractivity contribution in [1.29, 1.82) is 0 Å². The van der Waals surface area contributed by atoms with Gasteiger partial charge >= 0.3 is 0 Å². The molecule has 2 aromatic rings. The van der Waals surface area contributed by atoms with Gasteiger partial charge in [-0.25, -0.2) is 4.68 Å². The molecule has 5 nitrogen and oxygen atoms in total. The van der Waals surface area contributed by atoms with Crippen molar-refractivity contribution < 1.29 is 4.74 Å². The normalized spacial score (nSPS) is 17.0. The first-order chi connectivity index (χ1) is 9.67. The van der Waals surface area contributed by atoms with Gasteiger partial charge in [-0.05, 0) is 25.0 Å². The summed E-state index contributed by atoms with van der Waals surface area (Å²) in [5.74, 6) is 1.53. The van der Waals surface area contributed by atoms with Crippen LogP contribution in [0.5, 0.6) is 5.75 Å². The molecule has 0 spiro atoms. The minimum Gasteiger partial charge on any atom is -0.488 e. The van der Waals surface area contributed by atoms with Crippen molar-refractivity contribution in [2.45, 2.75) is 45.8 Å². The molecule has 5 heteroatoms. The Labute approximate surface area is 118 Å². The average molecular weight is 272 g/mol. The summed E-state index contributed by atoms with van der Waals surface area (Å²) >= 11 is 0. The number of ether oxygens (including phenoxy) is 1. The number of aryl methyl sites for hydroxylation is 1. The molecule has 0 saturated carbocycles. The number of rotatable bonds is 4. The largest absolute Gasteiger partial charge is 0.488 e. The van der Waals surface area contributed by atoms with Gasteiger partial charge in [0.2, 0.25) is 0 Å². The minimum absolute atomic E-state index is 0.114. The highest BCUT2D eigenvalue weighted by atomic mass is 16.5. The molecule has 106 valence electrons. The Balaban J connectivity index is 1.75. The first kappa shape index (κ1) is 13.0. The van der Waals surface area contributed by atoms with Gasteiger partial charge < -0.3 is 10.5 Å². The van der Waals surface area contributed by atoms with Crippen LogP contribution in [0.1, 0.15) is 30.2 Å². The lowest BCUT2D eigenvalue weighted by atomic mass is 10.1. The summed E-state index contributed by atoms with van der Waals surface area (Å²) in [6.07, 6.45) is 2.96. The Morgan fingerprint density at radius 1 is 1.45 bits per heavy atom. The van der Waals surface area contributed by atoms with Crippen molar-refractivity contribution in [3.8, 4) is 5.75 Å². The van der Waals surface area contributed by atoms with Crippen molar-refractivity contribution >= 4 is 5.82 Å². The van der Waals surface area contributed by atoms with Crippen molar-refractivity contribution in [3.05, 3.63) is 35.0 Å². The van der Waals surface area contributed by atoms with Crippen LogP contribution in [0.3, 0.4) is 0 Å². The Kier molecular flexibility index (Phi) is 3.34. The number of benzene rings is 1. The first-order valence-corrected chi connectivity index (χ1v) is 7.11. The van der Waals surface area contributed by atoms with E-state index in [1.54, 1.807) is 0 Å². The fraction of sp³-hybridized carbons (Fsp3) is 0.467. The van der Waals surface area contributed by atoms with E-state index in [4.69, 9.17) is 10.5 Å². The summed E-state index contributed by atoms with van der Waals surface area (Å²) < 4.78 is 7.87. The zero-order valence-electron chi connectivity index (χ0n) is 12.0. The Morgan fingerprint density at radius 3 is 3.10 bits per heavy atom. The third-order valence-corrected chi connectivity index (χ3v) is 3.69. The van der Waals surface area contributed by atoms with Crippen molar-refractivity contribution in [3.63, 3.8) is 0 Å². The van der Waals surface area contributed by atoms with E-state index in [1.165, 1.54) is 11.1 Å². The topological polar surface area (TPSA) is 66.0 Å². The van der Waals surface area contributed by atoms with E-state index >= 15 is 0 Å². The second-order valence-corrected chi connectivity index (χ2v) is 5.41. The van der Waals surface area contributed by atoms with Crippen LogP contribution in [-0.2, 0) is 19.4 Å². The number of fused-ring (bicyclic) bond motifs is 1. The molecule has 0 amide bonds. The van der Waals surface area contributed by atoms with E-state index in [9.17, 15) is 0 Å². The number of hydrogen-bond donors (Lipinski definition) is 1. The summed E-state index contributed by atoms with van der Waals surface area (Å²) in [5.41, 5.74) is 9.43. The van der Waals surface area contributed by atoms with Crippen LogP contribution >= 0.6 is 0 Å². The molecule has 1 aliphatic heterocycles. The molecule has 0 fully saturated rings. The molecular formula is C15H20N4O. The fourth-order valence-electron chi connectivity index (χ4n) is 2.73. The van der Waals surface area contributed by atoms with E-state index in [0.29, 0.717) is 12.4 Å². The number of nitrogen functional groups attached to an aromatic ring is 1. The summed E-state index contributed by atoms with van der Waals surface area (Å²) in [6, 6.07) is 6.32.